The van der Waals surface area contributed by atoms with Crippen LogP contribution in [0.5, 0.6) is 5.75 Å². The lowest BCUT2D eigenvalue weighted by atomic mass is 10.1. The minimum atomic E-state index is -0.0116. The number of hydrogen-bond donors (Lipinski definition) is 0. The third-order valence-corrected chi connectivity index (χ3v) is 6.59. The first kappa shape index (κ1) is 20.7. The lowest BCUT2D eigenvalue weighted by molar-refractivity contribution is -0.121. The van der Waals surface area contributed by atoms with E-state index in [1.807, 2.05) is 31.2 Å². The number of thiocarbonyl (C=S) groups is 1. The topological polar surface area (TPSA) is 34.5 Å². The van der Waals surface area contributed by atoms with Gasteiger partial charge < -0.3 is 9.30 Å². The van der Waals surface area contributed by atoms with Crippen molar-refractivity contribution in [3.8, 4) is 5.75 Å². The number of amides is 1. The van der Waals surface area contributed by atoms with Crippen LogP contribution in [0.25, 0.3) is 17.0 Å². The highest BCUT2D eigenvalue weighted by molar-refractivity contribution is 8.26. The summed E-state index contributed by atoms with van der Waals surface area (Å²) in [6.45, 7) is 7.98. The largest absolute Gasteiger partial charge is 0.491 e. The van der Waals surface area contributed by atoms with Crippen molar-refractivity contribution in [2.24, 2.45) is 0 Å². The lowest BCUT2D eigenvalue weighted by Crippen LogP contribution is -2.27. The Hall–Kier alpha value is -2.57. The number of aromatic nitrogens is 1. The minimum Gasteiger partial charge on any atom is -0.491 e. The number of fused-ring (bicyclic) bond motifs is 1. The number of hydrogen-bond acceptors (Lipinski definition) is 4. The van der Waals surface area contributed by atoms with Gasteiger partial charge in [-0.2, -0.15) is 0 Å². The zero-order valence-corrected chi connectivity index (χ0v) is 19.0. The molecule has 2 heterocycles. The first-order valence-corrected chi connectivity index (χ1v) is 11.2. The van der Waals surface area contributed by atoms with Crippen LogP contribution < -0.4 is 4.74 Å². The van der Waals surface area contributed by atoms with Crippen LogP contribution in [0.2, 0.25) is 0 Å². The normalized spacial score (nSPS) is 15.6. The van der Waals surface area contributed by atoms with E-state index in [9.17, 15) is 4.79 Å². The fourth-order valence-electron chi connectivity index (χ4n) is 3.70. The number of para-hydroxylation sites is 1. The standard InChI is InChI=1S/C24H24N2O2S2/c1-4-26-23(27)22(30-24(26)29)14-18-15-25(20-8-6-5-7-19(18)20)11-12-28-21-10-9-16(2)13-17(21)3/h5-10,13-15H,4,11-12H2,1-3H3/b22-14-. The number of thioether (sulfide) groups is 1. The predicted octanol–water partition coefficient (Wildman–Crippen LogP) is 5.56. The zero-order valence-electron chi connectivity index (χ0n) is 17.3. The molecule has 30 heavy (non-hydrogen) atoms. The van der Waals surface area contributed by atoms with E-state index < -0.39 is 0 Å². The Morgan fingerprint density at radius 2 is 1.97 bits per heavy atom. The van der Waals surface area contributed by atoms with Crippen LogP contribution in [-0.2, 0) is 11.3 Å². The van der Waals surface area contributed by atoms with Crippen LogP contribution in [0, 0.1) is 13.8 Å². The molecule has 0 bridgehead atoms. The minimum absolute atomic E-state index is 0.0116. The summed E-state index contributed by atoms with van der Waals surface area (Å²) in [6.07, 6.45) is 4.05. The number of carbonyl (C=O) groups excluding carboxylic acids is 1. The number of benzene rings is 2. The summed E-state index contributed by atoms with van der Waals surface area (Å²) in [5.41, 5.74) is 4.52. The number of aryl methyl sites for hydroxylation is 2. The molecule has 0 atom stereocenters. The van der Waals surface area contributed by atoms with E-state index in [2.05, 4.69) is 48.9 Å². The SMILES string of the molecule is CCN1C(=O)/C(=C/c2cn(CCOc3ccc(C)cc3C)c3ccccc23)SC1=S. The van der Waals surface area contributed by atoms with Gasteiger partial charge in [0.1, 0.15) is 16.7 Å². The lowest BCUT2D eigenvalue weighted by Gasteiger charge is -2.11. The van der Waals surface area contributed by atoms with Gasteiger partial charge in [0.05, 0.1) is 11.4 Å². The van der Waals surface area contributed by atoms with Crippen molar-refractivity contribution < 1.29 is 9.53 Å². The van der Waals surface area contributed by atoms with E-state index in [4.69, 9.17) is 17.0 Å². The van der Waals surface area contributed by atoms with Crippen molar-refractivity contribution in [1.82, 2.24) is 9.47 Å². The molecule has 6 heteroatoms. The molecule has 1 amide bonds. The van der Waals surface area contributed by atoms with E-state index >= 15 is 0 Å². The zero-order chi connectivity index (χ0) is 21.3. The number of rotatable bonds is 6. The molecule has 4 nitrogen and oxygen atoms in total. The van der Waals surface area contributed by atoms with Gasteiger partial charge in [0.15, 0.2) is 0 Å². The van der Waals surface area contributed by atoms with Crippen molar-refractivity contribution in [2.75, 3.05) is 13.2 Å². The van der Waals surface area contributed by atoms with E-state index in [1.165, 1.54) is 17.3 Å². The highest BCUT2D eigenvalue weighted by atomic mass is 32.2. The molecule has 1 fully saturated rings. The maximum Gasteiger partial charge on any atom is 0.266 e. The van der Waals surface area contributed by atoms with E-state index in [1.54, 1.807) is 4.90 Å². The first-order valence-electron chi connectivity index (χ1n) is 10.0. The molecule has 1 aliphatic heterocycles. The van der Waals surface area contributed by atoms with E-state index in [0.717, 1.165) is 34.3 Å². The summed E-state index contributed by atoms with van der Waals surface area (Å²) in [4.78, 5) is 14.9. The molecule has 1 saturated heterocycles. The predicted molar refractivity (Wildman–Crippen MR) is 129 cm³/mol. The van der Waals surface area contributed by atoms with Crippen molar-refractivity contribution >= 4 is 51.2 Å². The van der Waals surface area contributed by atoms with Crippen LogP contribution in [-0.4, -0.2) is 32.8 Å². The van der Waals surface area contributed by atoms with E-state index in [0.29, 0.717) is 22.4 Å². The van der Waals surface area contributed by atoms with Gasteiger partial charge in [0, 0.05) is 29.2 Å². The number of nitrogens with zero attached hydrogens (tertiary/aromatic N) is 2. The van der Waals surface area contributed by atoms with Gasteiger partial charge >= 0.3 is 0 Å². The second-order valence-electron chi connectivity index (χ2n) is 7.34. The molecule has 3 aromatic rings. The molecule has 0 saturated carbocycles. The molecule has 0 radical (unpaired) electrons. The molecule has 0 unspecified atom stereocenters. The smallest absolute Gasteiger partial charge is 0.266 e. The second-order valence-corrected chi connectivity index (χ2v) is 9.01. The monoisotopic (exact) mass is 436 g/mol. The number of ether oxygens (including phenoxy) is 1. The van der Waals surface area contributed by atoms with Crippen molar-refractivity contribution in [1.29, 1.82) is 0 Å². The Morgan fingerprint density at radius 3 is 2.70 bits per heavy atom. The Kier molecular flexibility index (Phi) is 5.97. The average molecular weight is 437 g/mol. The maximum atomic E-state index is 12.6. The third-order valence-electron chi connectivity index (χ3n) is 5.22. The number of likely N-dealkylation sites (N-methyl/N-ethyl adjacent to an activating group) is 1. The van der Waals surface area contributed by atoms with Crippen LogP contribution in [0.4, 0.5) is 0 Å². The summed E-state index contributed by atoms with van der Waals surface area (Å²) in [7, 11) is 0. The molecule has 2 aromatic carbocycles. The molecule has 4 rings (SSSR count). The van der Waals surface area contributed by atoms with Gasteiger partial charge in [0.2, 0.25) is 0 Å². The van der Waals surface area contributed by atoms with Crippen LogP contribution >= 0.6 is 24.0 Å². The van der Waals surface area contributed by atoms with Gasteiger partial charge in [-0.1, -0.05) is 59.9 Å². The molecular formula is C24H24N2O2S2. The molecule has 0 aliphatic carbocycles. The Labute approximate surface area is 186 Å². The Morgan fingerprint density at radius 1 is 1.17 bits per heavy atom. The molecule has 0 N–H and O–H groups in total. The molecular weight excluding hydrogens is 412 g/mol. The maximum absolute atomic E-state index is 12.6. The number of carbonyl (C=O) groups is 1. The van der Waals surface area contributed by atoms with E-state index in [-0.39, 0.29) is 5.91 Å². The molecule has 1 aromatic heterocycles. The Balaban J connectivity index is 1.58. The van der Waals surface area contributed by atoms with Gasteiger partial charge in [-0.25, -0.2) is 0 Å². The molecule has 1 aliphatic rings. The van der Waals surface area contributed by atoms with Crippen LogP contribution in [0.15, 0.2) is 53.6 Å². The molecule has 154 valence electrons. The summed E-state index contributed by atoms with van der Waals surface area (Å²) in [5, 5.41) is 1.12. The van der Waals surface area contributed by atoms with Gasteiger partial charge in [-0.3, -0.25) is 9.69 Å². The van der Waals surface area contributed by atoms with Crippen molar-refractivity contribution in [3.63, 3.8) is 0 Å². The van der Waals surface area contributed by atoms with Gasteiger partial charge in [-0.15, -0.1) is 0 Å². The van der Waals surface area contributed by atoms with Crippen molar-refractivity contribution in [3.05, 3.63) is 70.3 Å². The first-order chi connectivity index (χ1) is 14.5. The van der Waals surface area contributed by atoms with Crippen molar-refractivity contribution in [2.45, 2.75) is 27.3 Å². The fraction of sp³-hybridized carbons (Fsp3) is 0.250. The summed E-state index contributed by atoms with van der Waals surface area (Å²) in [6, 6.07) is 14.5. The highest BCUT2D eigenvalue weighted by Gasteiger charge is 2.30. The summed E-state index contributed by atoms with van der Waals surface area (Å²) < 4.78 is 8.84. The molecule has 0 spiro atoms. The van der Waals surface area contributed by atoms with Crippen LogP contribution in [0.1, 0.15) is 23.6 Å². The summed E-state index contributed by atoms with van der Waals surface area (Å²) in [5.74, 6) is 0.906. The fourth-order valence-corrected chi connectivity index (χ4v) is 5.08. The second kappa shape index (κ2) is 8.66. The van der Waals surface area contributed by atoms with Gasteiger partial charge in [0.25, 0.3) is 5.91 Å². The Bertz CT molecular complexity index is 1160. The van der Waals surface area contributed by atoms with Gasteiger partial charge in [-0.05, 0) is 44.5 Å². The average Bonchev–Trinajstić information content (AvgIpc) is 3.20. The summed E-state index contributed by atoms with van der Waals surface area (Å²) >= 11 is 6.71. The highest BCUT2D eigenvalue weighted by Crippen LogP contribution is 2.34. The quantitative estimate of drug-likeness (QED) is 0.374. The van der Waals surface area contributed by atoms with Crippen LogP contribution in [0.3, 0.4) is 0 Å². The third kappa shape index (κ3) is 4.02.